The summed E-state index contributed by atoms with van der Waals surface area (Å²) in [6, 6.07) is 23.8. The molecule has 0 radical (unpaired) electrons. The second kappa shape index (κ2) is 10.8. The Morgan fingerprint density at radius 3 is 2.26 bits per heavy atom. The van der Waals surface area contributed by atoms with Gasteiger partial charge in [0.25, 0.3) is 5.91 Å². The second-order valence-electron chi connectivity index (χ2n) is 6.88. The van der Waals surface area contributed by atoms with Crippen LogP contribution in [-0.2, 0) is 22.7 Å². The lowest BCUT2D eigenvalue weighted by Crippen LogP contribution is -2.35. The predicted octanol–water partition coefficient (Wildman–Crippen LogP) is 4.14. The molecule has 0 saturated carbocycles. The number of carbonyl (C=O) groups is 2. The van der Waals surface area contributed by atoms with Crippen molar-refractivity contribution in [3.63, 3.8) is 0 Å². The highest BCUT2D eigenvalue weighted by Gasteiger charge is 2.21. The summed E-state index contributed by atoms with van der Waals surface area (Å²) in [6.07, 6.45) is -0.951. The summed E-state index contributed by atoms with van der Waals surface area (Å²) in [6.45, 7) is 2.18. The highest BCUT2D eigenvalue weighted by molar-refractivity contribution is 5.94. The van der Waals surface area contributed by atoms with Crippen LogP contribution in [0.3, 0.4) is 0 Å². The van der Waals surface area contributed by atoms with Crippen LogP contribution in [0.5, 0.6) is 11.5 Å². The first kappa shape index (κ1) is 21.9. The summed E-state index contributed by atoms with van der Waals surface area (Å²) < 4.78 is 16.3. The van der Waals surface area contributed by atoms with Gasteiger partial charge in [-0.2, -0.15) is 0 Å². The van der Waals surface area contributed by atoms with Gasteiger partial charge in [0, 0.05) is 6.54 Å². The molecule has 31 heavy (non-hydrogen) atoms. The van der Waals surface area contributed by atoms with E-state index in [4.69, 9.17) is 14.2 Å². The third-order valence-electron chi connectivity index (χ3n) is 4.62. The SMILES string of the molecule is COc1ccc(CNC(=O)[C@H](C)OC(=O)c2ccccc2OCc2ccccc2)cc1. The average Bonchev–Trinajstić information content (AvgIpc) is 2.82. The van der Waals surface area contributed by atoms with Gasteiger partial charge in [-0.25, -0.2) is 4.79 Å². The van der Waals surface area contributed by atoms with E-state index in [2.05, 4.69) is 5.32 Å². The van der Waals surface area contributed by atoms with Crippen molar-refractivity contribution in [2.45, 2.75) is 26.2 Å². The Bertz CT molecular complexity index is 1000. The number of benzene rings is 3. The third kappa shape index (κ3) is 6.34. The molecule has 0 aromatic heterocycles. The van der Waals surface area contributed by atoms with Crippen LogP contribution in [0.2, 0.25) is 0 Å². The van der Waals surface area contributed by atoms with Crippen LogP contribution in [0.1, 0.15) is 28.4 Å². The highest BCUT2D eigenvalue weighted by atomic mass is 16.5. The van der Waals surface area contributed by atoms with Crippen LogP contribution in [0.4, 0.5) is 0 Å². The molecule has 1 atom stereocenters. The molecule has 1 amide bonds. The molecule has 0 bridgehead atoms. The van der Waals surface area contributed by atoms with Crippen LogP contribution in [0.15, 0.2) is 78.9 Å². The van der Waals surface area contributed by atoms with E-state index in [0.717, 1.165) is 16.9 Å². The molecule has 3 rings (SSSR count). The number of ether oxygens (including phenoxy) is 3. The van der Waals surface area contributed by atoms with E-state index in [0.29, 0.717) is 18.9 Å². The lowest BCUT2D eigenvalue weighted by molar-refractivity contribution is -0.129. The molecule has 0 spiro atoms. The number of rotatable bonds is 9. The molecule has 6 nitrogen and oxygen atoms in total. The summed E-state index contributed by atoms with van der Waals surface area (Å²) in [5.41, 5.74) is 2.16. The molecular weight excluding hydrogens is 394 g/mol. The van der Waals surface area contributed by atoms with Crippen molar-refractivity contribution in [3.05, 3.63) is 95.6 Å². The molecule has 0 aliphatic carbocycles. The van der Waals surface area contributed by atoms with Crippen molar-refractivity contribution in [1.82, 2.24) is 5.32 Å². The summed E-state index contributed by atoms with van der Waals surface area (Å²) in [5, 5.41) is 2.77. The van der Waals surface area contributed by atoms with Gasteiger partial charge in [-0.1, -0.05) is 54.6 Å². The van der Waals surface area contributed by atoms with Gasteiger partial charge >= 0.3 is 5.97 Å². The molecule has 0 unspecified atom stereocenters. The fourth-order valence-electron chi connectivity index (χ4n) is 2.85. The van der Waals surface area contributed by atoms with Crippen LogP contribution in [0.25, 0.3) is 0 Å². The molecule has 160 valence electrons. The molecule has 3 aromatic rings. The van der Waals surface area contributed by atoms with Gasteiger partial charge in [-0.3, -0.25) is 4.79 Å². The van der Waals surface area contributed by atoms with Crippen molar-refractivity contribution in [1.29, 1.82) is 0 Å². The first-order chi connectivity index (χ1) is 15.1. The third-order valence-corrected chi connectivity index (χ3v) is 4.62. The Balaban J connectivity index is 1.55. The lowest BCUT2D eigenvalue weighted by Gasteiger charge is -2.15. The smallest absolute Gasteiger partial charge is 0.342 e. The van der Waals surface area contributed by atoms with E-state index in [1.165, 1.54) is 6.92 Å². The number of esters is 1. The quantitative estimate of drug-likeness (QED) is 0.528. The van der Waals surface area contributed by atoms with Gasteiger partial charge in [-0.05, 0) is 42.3 Å². The standard InChI is InChI=1S/C25H25NO5/c1-18(24(27)26-16-19-12-14-21(29-2)15-13-19)31-25(28)22-10-6-7-11-23(22)30-17-20-8-4-3-5-9-20/h3-15,18H,16-17H2,1-2H3,(H,26,27)/t18-/m0/s1. The van der Waals surface area contributed by atoms with Crippen LogP contribution in [-0.4, -0.2) is 25.1 Å². The summed E-state index contributed by atoms with van der Waals surface area (Å²) in [7, 11) is 1.59. The molecule has 0 aliphatic rings. The minimum atomic E-state index is -0.951. The first-order valence-corrected chi connectivity index (χ1v) is 9.94. The van der Waals surface area contributed by atoms with E-state index >= 15 is 0 Å². The minimum Gasteiger partial charge on any atom is -0.497 e. The van der Waals surface area contributed by atoms with Crippen molar-refractivity contribution in [2.24, 2.45) is 0 Å². The Labute approximate surface area is 181 Å². The summed E-state index contributed by atoms with van der Waals surface area (Å²) >= 11 is 0. The fourth-order valence-corrected chi connectivity index (χ4v) is 2.85. The minimum absolute atomic E-state index is 0.272. The molecule has 3 aromatic carbocycles. The molecule has 0 aliphatic heterocycles. The number of nitrogens with one attached hydrogen (secondary N) is 1. The molecule has 0 heterocycles. The van der Waals surface area contributed by atoms with Crippen molar-refractivity contribution < 1.29 is 23.8 Å². The number of amides is 1. The maximum atomic E-state index is 12.6. The van der Waals surface area contributed by atoms with Crippen molar-refractivity contribution >= 4 is 11.9 Å². The van der Waals surface area contributed by atoms with E-state index in [-0.39, 0.29) is 11.5 Å². The predicted molar refractivity (Wildman–Crippen MR) is 117 cm³/mol. The number of methoxy groups -OCH3 is 1. The highest BCUT2D eigenvalue weighted by Crippen LogP contribution is 2.21. The number of carbonyl (C=O) groups excluding carboxylic acids is 2. The normalized spacial score (nSPS) is 11.3. The van der Waals surface area contributed by atoms with Gasteiger partial charge in [0.15, 0.2) is 6.10 Å². The van der Waals surface area contributed by atoms with Gasteiger partial charge < -0.3 is 19.5 Å². The van der Waals surface area contributed by atoms with Gasteiger partial charge in [0.05, 0.1) is 7.11 Å². The largest absolute Gasteiger partial charge is 0.497 e. The fraction of sp³-hybridized carbons (Fsp3) is 0.200. The lowest BCUT2D eigenvalue weighted by atomic mass is 10.2. The topological polar surface area (TPSA) is 73.9 Å². The Hall–Kier alpha value is -3.80. The number of para-hydroxylation sites is 1. The van der Waals surface area contributed by atoms with Crippen LogP contribution >= 0.6 is 0 Å². The van der Waals surface area contributed by atoms with Gasteiger partial charge in [-0.15, -0.1) is 0 Å². The zero-order chi connectivity index (χ0) is 22.1. The maximum Gasteiger partial charge on any atom is 0.342 e. The van der Waals surface area contributed by atoms with E-state index in [1.54, 1.807) is 31.4 Å². The first-order valence-electron chi connectivity index (χ1n) is 9.94. The molecule has 1 N–H and O–H groups in total. The van der Waals surface area contributed by atoms with E-state index in [1.807, 2.05) is 54.6 Å². The van der Waals surface area contributed by atoms with E-state index < -0.39 is 12.1 Å². The Morgan fingerprint density at radius 2 is 1.55 bits per heavy atom. The molecule has 6 heteroatoms. The van der Waals surface area contributed by atoms with Gasteiger partial charge in [0.1, 0.15) is 23.7 Å². The van der Waals surface area contributed by atoms with Crippen LogP contribution < -0.4 is 14.8 Å². The van der Waals surface area contributed by atoms with Crippen LogP contribution in [0, 0.1) is 0 Å². The molecular formula is C25H25NO5. The monoisotopic (exact) mass is 419 g/mol. The zero-order valence-corrected chi connectivity index (χ0v) is 17.5. The van der Waals surface area contributed by atoms with Gasteiger partial charge in [0.2, 0.25) is 0 Å². The summed E-state index contributed by atoms with van der Waals surface area (Å²) in [4.78, 5) is 25.0. The number of hydrogen-bond donors (Lipinski definition) is 1. The second-order valence-corrected chi connectivity index (χ2v) is 6.88. The number of hydrogen-bond acceptors (Lipinski definition) is 5. The zero-order valence-electron chi connectivity index (χ0n) is 17.5. The molecule has 0 saturated heterocycles. The summed E-state index contributed by atoms with van der Waals surface area (Å²) in [5.74, 6) is 0.148. The molecule has 0 fully saturated rings. The van der Waals surface area contributed by atoms with E-state index in [9.17, 15) is 9.59 Å². The Morgan fingerprint density at radius 1 is 0.871 bits per heavy atom. The van der Waals surface area contributed by atoms with Crippen molar-refractivity contribution in [2.75, 3.05) is 7.11 Å². The van der Waals surface area contributed by atoms with Crippen molar-refractivity contribution in [3.8, 4) is 11.5 Å². The maximum absolute atomic E-state index is 12.6. The Kier molecular flexibility index (Phi) is 7.65. The average molecular weight is 419 g/mol.